The van der Waals surface area contributed by atoms with Crippen molar-refractivity contribution >= 4 is 17.5 Å². The van der Waals surface area contributed by atoms with Crippen LogP contribution in [0.15, 0.2) is 35.9 Å². The smallest absolute Gasteiger partial charge is 0.234 e. The second-order valence-corrected chi connectivity index (χ2v) is 7.66. The first-order valence-corrected chi connectivity index (χ1v) is 8.57. The van der Waals surface area contributed by atoms with E-state index in [1.807, 2.05) is 12.1 Å². The van der Waals surface area contributed by atoms with E-state index in [0.717, 1.165) is 24.5 Å². The zero-order valence-electron chi connectivity index (χ0n) is 14.5. The van der Waals surface area contributed by atoms with Crippen LogP contribution < -0.4 is 5.32 Å². The molecular formula is C19H27ClN2O. The number of amides is 1. The lowest BCUT2D eigenvalue weighted by Gasteiger charge is -2.38. The third-order valence-corrected chi connectivity index (χ3v) is 4.66. The van der Waals surface area contributed by atoms with E-state index in [1.165, 1.54) is 11.1 Å². The second-order valence-electron chi connectivity index (χ2n) is 7.23. The third kappa shape index (κ3) is 5.08. The number of halogens is 1. The summed E-state index contributed by atoms with van der Waals surface area (Å²) in [6.07, 6.45) is 3.25. The first-order valence-electron chi connectivity index (χ1n) is 8.20. The zero-order valence-corrected chi connectivity index (χ0v) is 15.3. The Labute approximate surface area is 144 Å². The van der Waals surface area contributed by atoms with Crippen molar-refractivity contribution in [2.45, 2.75) is 45.6 Å². The van der Waals surface area contributed by atoms with E-state index in [2.05, 4.69) is 56.1 Å². The van der Waals surface area contributed by atoms with Crippen LogP contribution in [0.25, 0.3) is 0 Å². The Balaban J connectivity index is 2.20. The monoisotopic (exact) mass is 334 g/mol. The van der Waals surface area contributed by atoms with Crippen LogP contribution in [0, 0.1) is 0 Å². The maximum Gasteiger partial charge on any atom is 0.234 e. The molecule has 1 aliphatic heterocycles. The number of carbonyl (C=O) groups is 1. The Morgan fingerprint density at radius 3 is 2.57 bits per heavy atom. The van der Waals surface area contributed by atoms with E-state index < -0.39 is 0 Å². The van der Waals surface area contributed by atoms with E-state index >= 15 is 0 Å². The molecule has 23 heavy (non-hydrogen) atoms. The predicted molar refractivity (Wildman–Crippen MR) is 96.9 cm³/mol. The minimum absolute atomic E-state index is 0.00906. The number of allylic oxidation sites excluding steroid dienone is 1. The van der Waals surface area contributed by atoms with Gasteiger partial charge < -0.3 is 5.32 Å². The fourth-order valence-electron chi connectivity index (χ4n) is 3.16. The number of nitrogens with one attached hydrogen (secondary N) is 1. The molecule has 0 aromatic heterocycles. The lowest BCUT2D eigenvalue weighted by molar-refractivity contribution is -0.124. The molecule has 1 aromatic rings. The van der Waals surface area contributed by atoms with Crippen molar-refractivity contribution in [2.24, 2.45) is 0 Å². The SMILES string of the molecule is CC(C)=CC(CC(C)(C)c1ccc(Cl)cc1)N1CCNC(=O)C1. The highest BCUT2D eigenvalue weighted by Crippen LogP contribution is 2.31. The standard InChI is InChI=1S/C19H27ClN2O/c1-14(2)11-17(22-10-9-21-18(23)13-22)12-19(3,4)15-5-7-16(20)8-6-15/h5-8,11,17H,9-10,12-13H2,1-4H3,(H,21,23). The quantitative estimate of drug-likeness (QED) is 0.831. The fraction of sp³-hybridized carbons (Fsp3) is 0.526. The number of benzene rings is 1. The maximum absolute atomic E-state index is 11.7. The summed E-state index contributed by atoms with van der Waals surface area (Å²) in [5.41, 5.74) is 2.57. The molecule has 1 N–H and O–H groups in total. The van der Waals surface area contributed by atoms with E-state index in [1.54, 1.807) is 0 Å². The summed E-state index contributed by atoms with van der Waals surface area (Å²) in [6.45, 7) is 10.9. The Morgan fingerprint density at radius 1 is 1.35 bits per heavy atom. The van der Waals surface area contributed by atoms with Gasteiger partial charge >= 0.3 is 0 Å². The summed E-state index contributed by atoms with van der Waals surface area (Å²) in [7, 11) is 0. The van der Waals surface area contributed by atoms with E-state index in [9.17, 15) is 4.79 Å². The fourth-order valence-corrected chi connectivity index (χ4v) is 3.29. The largest absolute Gasteiger partial charge is 0.354 e. The molecule has 4 heteroatoms. The van der Waals surface area contributed by atoms with E-state index in [-0.39, 0.29) is 17.4 Å². The van der Waals surface area contributed by atoms with Crippen LogP contribution in [0.3, 0.4) is 0 Å². The number of hydrogen-bond donors (Lipinski definition) is 1. The minimum Gasteiger partial charge on any atom is -0.354 e. The van der Waals surface area contributed by atoms with Crippen molar-refractivity contribution in [1.82, 2.24) is 10.2 Å². The summed E-state index contributed by atoms with van der Waals surface area (Å²) >= 11 is 6.01. The highest BCUT2D eigenvalue weighted by molar-refractivity contribution is 6.30. The molecule has 0 saturated carbocycles. The van der Waals surface area contributed by atoms with Crippen LogP contribution in [0.1, 0.15) is 39.7 Å². The Bertz CT molecular complexity index is 574. The van der Waals surface area contributed by atoms with Crippen molar-refractivity contribution in [1.29, 1.82) is 0 Å². The van der Waals surface area contributed by atoms with Gasteiger partial charge in [-0.3, -0.25) is 9.69 Å². The van der Waals surface area contributed by atoms with Crippen molar-refractivity contribution in [3.05, 3.63) is 46.5 Å². The van der Waals surface area contributed by atoms with Gasteiger partial charge in [0.15, 0.2) is 0 Å². The second kappa shape index (κ2) is 7.50. The van der Waals surface area contributed by atoms with Crippen LogP contribution in [0.5, 0.6) is 0 Å². The first kappa shape index (κ1) is 18.0. The molecule has 126 valence electrons. The average molecular weight is 335 g/mol. The van der Waals surface area contributed by atoms with E-state index in [4.69, 9.17) is 11.6 Å². The lowest BCUT2D eigenvalue weighted by Crippen LogP contribution is -2.52. The Morgan fingerprint density at radius 2 is 2.00 bits per heavy atom. The van der Waals surface area contributed by atoms with Crippen molar-refractivity contribution in [3.63, 3.8) is 0 Å². The van der Waals surface area contributed by atoms with Crippen molar-refractivity contribution in [3.8, 4) is 0 Å². The topological polar surface area (TPSA) is 32.3 Å². The van der Waals surface area contributed by atoms with Gasteiger partial charge in [0.05, 0.1) is 6.54 Å². The van der Waals surface area contributed by atoms with Crippen LogP contribution in [-0.2, 0) is 10.2 Å². The molecule has 1 saturated heterocycles. The molecule has 3 nitrogen and oxygen atoms in total. The molecule has 1 unspecified atom stereocenters. The maximum atomic E-state index is 11.7. The molecule has 1 amide bonds. The van der Waals surface area contributed by atoms with Crippen LogP contribution >= 0.6 is 11.6 Å². The summed E-state index contributed by atoms with van der Waals surface area (Å²) in [5, 5.41) is 3.67. The minimum atomic E-state index is 0.00906. The number of hydrogen-bond acceptors (Lipinski definition) is 2. The van der Waals surface area contributed by atoms with E-state index in [0.29, 0.717) is 6.54 Å². The van der Waals surface area contributed by atoms with Crippen molar-refractivity contribution in [2.75, 3.05) is 19.6 Å². The van der Waals surface area contributed by atoms with Gasteiger partial charge in [-0.05, 0) is 43.4 Å². The van der Waals surface area contributed by atoms with Crippen LogP contribution in [0.4, 0.5) is 0 Å². The number of carbonyl (C=O) groups excluding carboxylic acids is 1. The Hall–Kier alpha value is -1.32. The summed E-state index contributed by atoms with van der Waals surface area (Å²) in [6, 6.07) is 8.36. The lowest BCUT2D eigenvalue weighted by atomic mass is 9.78. The van der Waals surface area contributed by atoms with Crippen molar-refractivity contribution < 1.29 is 4.79 Å². The molecule has 1 heterocycles. The van der Waals surface area contributed by atoms with Gasteiger partial charge in [0.25, 0.3) is 0 Å². The average Bonchev–Trinajstić information content (AvgIpc) is 2.46. The van der Waals surface area contributed by atoms with Gasteiger partial charge in [0.1, 0.15) is 0 Å². The first-order chi connectivity index (χ1) is 10.8. The molecule has 1 fully saturated rings. The van der Waals surface area contributed by atoms with Gasteiger partial charge in [-0.25, -0.2) is 0 Å². The zero-order chi connectivity index (χ0) is 17.0. The summed E-state index contributed by atoms with van der Waals surface area (Å²) < 4.78 is 0. The molecule has 1 aliphatic rings. The number of piperazine rings is 1. The molecule has 0 radical (unpaired) electrons. The highest BCUT2D eigenvalue weighted by atomic mass is 35.5. The van der Waals surface area contributed by atoms with Gasteiger partial charge in [-0.15, -0.1) is 0 Å². The molecule has 1 aromatic carbocycles. The highest BCUT2D eigenvalue weighted by Gasteiger charge is 2.30. The molecule has 0 spiro atoms. The van der Waals surface area contributed by atoms with Gasteiger partial charge in [-0.2, -0.15) is 0 Å². The third-order valence-electron chi connectivity index (χ3n) is 4.41. The molecular weight excluding hydrogens is 308 g/mol. The summed E-state index contributed by atoms with van der Waals surface area (Å²) in [5.74, 6) is 0.118. The molecule has 2 rings (SSSR count). The van der Waals surface area contributed by atoms with Crippen LogP contribution in [-0.4, -0.2) is 36.5 Å². The van der Waals surface area contributed by atoms with Gasteiger partial charge in [0.2, 0.25) is 5.91 Å². The normalized spacial score (nSPS) is 17.5. The van der Waals surface area contributed by atoms with Gasteiger partial charge in [-0.1, -0.05) is 49.2 Å². The number of nitrogens with zero attached hydrogens (tertiary/aromatic N) is 1. The van der Waals surface area contributed by atoms with Crippen LogP contribution in [0.2, 0.25) is 5.02 Å². The predicted octanol–water partition coefficient (Wildman–Crippen LogP) is 3.77. The van der Waals surface area contributed by atoms with Gasteiger partial charge in [0, 0.05) is 24.2 Å². The number of rotatable bonds is 5. The molecule has 0 bridgehead atoms. The molecule has 1 atom stereocenters. The Kier molecular flexibility index (Phi) is 5.88. The molecule has 0 aliphatic carbocycles. The summed E-state index contributed by atoms with van der Waals surface area (Å²) in [4.78, 5) is 14.0.